The molecule has 0 spiro atoms. The molecule has 1 nitrogen and oxygen atoms in total. The van der Waals surface area contributed by atoms with Crippen molar-refractivity contribution < 1.29 is 4.74 Å². The van der Waals surface area contributed by atoms with Crippen molar-refractivity contribution in [3.8, 4) is 5.75 Å². The smallest absolute Gasteiger partial charge is 0.122 e. The van der Waals surface area contributed by atoms with Crippen LogP contribution in [0.15, 0.2) is 24.3 Å². The maximum absolute atomic E-state index is 5.57. The van der Waals surface area contributed by atoms with Gasteiger partial charge in [-0.1, -0.05) is 25.1 Å². The Bertz CT molecular complexity index is 296. The van der Waals surface area contributed by atoms with E-state index in [1.54, 1.807) is 0 Å². The maximum Gasteiger partial charge on any atom is 0.122 e. The number of thiol groups is 1. The summed E-state index contributed by atoms with van der Waals surface area (Å²) in [5, 5.41) is 0.407. The predicted molar refractivity (Wildman–Crippen MR) is 57.7 cm³/mol. The van der Waals surface area contributed by atoms with E-state index in [4.69, 9.17) is 4.74 Å². The van der Waals surface area contributed by atoms with E-state index in [1.165, 1.54) is 5.56 Å². The van der Waals surface area contributed by atoms with E-state index in [0.717, 1.165) is 18.8 Å². The Labute approximate surface area is 84.5 Å². The van der Waals surface area contributed by atoms with Crippen LogP contribution in [0, 0.1) is 0 Å². The van der Waals surface area contributed by atoms with E-state index >= 15 is 0 Å². The molecule has 0 fully saturated rings. The quantitative estimate of drug-likeness (QED) is 0.676. The average molecular weight is 194 g/mol. The highest BCUT2D eigenvalue weighted by atomic mass is 32.1. The second-order valence-corrected chi connectivity index (χ2v) is 4.34. The van der Waals surface area contributed by atoms with Crippen molar-refractivity contribution in [2.75, 3.05) is 6.61 Å². The fourth-order valence-electron chi connectivity index (χ4n) is 1.87. The molecule has 0 radical (unpaired) electrons. The molecule has 0 N–H and O–H groups in total. The van der Waals surface area contributed by atoms with Crippen LogP contribution in [0.5, 0.6) is 5.75 Å². The molecule has 0 saturated heterocycles. The Balaban J connectivity index is 2.37. The van der Waals surface area contributed by atoms with Gasteiger partial charge in [0.2, 0.25) is 0 Å². The van der Waals surface area contributed by atoms with Crippen LogP contribution in [0.3, 0.4) is 0 Å². The Hall–Kier alpha value is -0.630. The predicted octanol–water partition coefficient (Wildman–Crippen LogP) is 2.87. The first-order valence-corrected chi connectivity index (χ1v) is 5.20. The first-order chi connectivity index (χ1) is 6.29. The summed E-state index contributed by atoms with van der Waals surface area (Å²) >= 11 is 4.51. The van der Waals surface area contributed by atoms with Gasteiger partial charge in [-0.15, -0.1) is 0 Å². The van der Waals surface area contributed by atoms with E-state index < -0.39 is 0 Å². The van der Waals surface area contributed by atoms with E-state index in [-0.39, 0.29) is 0 Å². The zero-order valence-electron chi connectivity index (χ0n) is 7.73. The molecule has 0 saturated carbocycles. The monoisotopic (exact) mass is 194 g/mol. The van der Waals surface area contributed by atoms with E-state index in [1.807, 2.05) is 12.1 Å². The second kappa shape index (κ2) is 3.62. The number of benzene rings is 1. The van der Waals surface area contributed by atoms with Crippen LogP contribution in [0.4, 0.5) is 0 Å². The van der Waals surface area contributed by atoms with E-state index in [9.17, 15) is 0 Å². The summed E-state index contributed by atoms with van der Waals surface area (Å²) in [6.45, 7) is 2.97. The molecular formula is C11H14OS. The normalized spacial score (nSPS) is 23.1. The largest absolute Gasteiger partial charge is 0.493 e. The third-order valence-corrected chi connectivity index (χ3v) is 2.95. The lowest BCUT2D eigenvalue weighted by atomic mass is 9.91. The van der Waals surface area contributed by atoms with Crippen LogP contribution < -0.4 is 4.74 Å². The number of ether oxygens (including phenoxy) is 1. The van der Waals surface area contributed by atoms with Gasteiger partial charge in [0, 0.05) is 11.2 Å². The van der Waals surface area contributed by atoms with Crippen molar-refractivity contribution in [2.24, 2.45) is 0 Å². The first kappa shape index (κ1) is 8.95. The van der Waals surface area contributed by atoms with Gasteiger partial charge in [0.25, 0.3) is 0 Å². The van der Waals surface area contributed by atoms with Crippen molar-refractivity contribution in [3.05, 3.63) is 29.8 Å². The van der Waals surface area contributed by atoms with Gasteiger partial charge < -0.3 is 4.74 Å². The van der Waals surface area contributed by atoms with Crippen molar-refractivity contribution in [3.63, 3.8) is 0 Å². The molecule has 1 aliphatic heterocycles. The molecule has 0 bridgehead atoms. The van der Waals surface area contributed by atoms with Gasteiger partial charge in [-0.2, -0.15) is 12.6 Å². The van der Waals surface area contributed by atoms with Gasteiger partial charge in [0.05, 0.1) is 6.61 Å². The SMILES string of the molecule is CC(S)C1CCOc2ccccc21. The first-order valence-electron chi connectivity index (χ1n) is 4.69. The van der Waals surface area contributed by atoms with Crippen molar-refractivity contribution >= 4 is 12.6 Å². The minimum Gasteiger partial charge on any atom is -0.493 e. The number of hydrogen-bond acceptors (Lipinski definition) is 2. The Morgan fingerprint density at radius 2 is 2.23 bits per heavy atom. The van der Waals surface area contributed by atoms with Gasteiger partial charge in [-0.3, -0.25) is 0 Å². The Morgan fingerprint density at radius 1 is 1.46 bits per heavy atom. The number of rotatable bonds is 1. The van der Waals surface area contributed by atoms with Gasteiger partial charge in [0.15, 0.2) is 0 Å². The number of para-hydroxylation sites is 1. The number of fused-ring (bicyclic) bond motifs is 1. The molecule has 0 aliphatic carbocycles. The van der Waals surface area contributed by atoms with Crippen LogP contribution in [0.1, 0.15) is 24.8 Å². The maximum atomic E-state index is 5.57. The zero-order valence-corrected chi connectivity index (χ0v) is 8.63. The summed E-state index contributed by atoms with van der Waals surface area (Å²) in [6.07, 6.45) is 1.08. The molecule has 0 aromatic heterocycles. The summed E-state index contributed by atoms with van der Waals surface area (Å²) in [4.78, 5) is 0. The lowest BCUT2D eigenvalue weighted by Gasteiger charge is -2.27. The van der Waals surface area contributed by atoms with Crippen LogP contribution in [0.2, 0.25) is 0 Å². The van der Waals surface area contributed by atoms with Gasteiger partial charge >= 0.3 is 0 Å². The fraction of sp³-hybridized carbons (Fsp3) is 0.455. The lowest BCUT2D eigenvalue weighted by molar-refractivity contribution is 0.267. The summed E-state index contributed by atoms with van der Waals surface area (Å²) < 4.78 is 5.57. The Kier molecular flexibility index (Phi) is 2.49. The van der Waals surface area contributed by atoms with Gasteiger partial charge in [-0.05, 0) is 18.1 Å². The molecule has 1 aromatic carbocycles. The standard InChI is InChI=1S/C11H14OS/c1-8(13)9-6-7-12-11-5-3-2-4-10(9)11/h2-5,8-9,13H,6-7H2,1H3. The fourth-order valence-corrected chi connectivity index (χ4v) is 2.18. The van der Waals surface area contributed by atoms with Crippen LogP contribution in [0.25, 0.3) is 0 Å². The highest BCUT2D eigenvalue weighted by Crippen LogP contribution is 2.36. The topological polar surface area (TPSA) is 9.23 Å². The highest BCUT2D eigenvalue weighted by Gasteiger charge is 2.23. The molecule has 1 aromatic rings. The van der Waals surface area contributed by atoms with Crippen LogP contribution >= 0.6 is 12.6 Å². The van der Waals surface area contributed by atoms with E-state index in [0.29, 0.717) is 11.2 Å². The summed E-state index contributed by atoms with van der Waals surface area (Å²) in [5.41, 5.74) is 1.32. The molecule has 2 heteroatoms. The van der Waals surface area contributed by atoms with Gasteiger partial charge in [-0.25, -0.2) is 0 Å². The van der Waals surface area contributed by atoms with Crippen molar-refractivity contribution in [1.82, 2.24) is 0 Å². The second-order valence-electron chi connectivity index (χ2n) is 3.52. The lowest BCUT2D eigenvalue weighted by Crippen LogP contribution is -2.19. The molecule has 70 valence electrons. The molecule has 0 amide bonds. The number of hydrogen-bond donors (Lipinski definition) is 1. The molecule has 2 rings (SSSR count). The highest BCUT2D eigenvalue weighted by molar-refractivity contribution is 7.81. The third-order valence-electron chi connectivity index (χ3n) is 2.59. The minimum atomic E-state index is 0.407. The zero-order chi connectivity index (χ0) is 9.26. The summed E-state index contributed by atoms with van der Waals surface area (Å²) in [7, 11) is 0. The van der Waals surface area contributed by atoms with Crippen LogP contribution in [-0.2, 0) is 0 Å². The Morgan fingerprint density at radius 3 is 3.00 bits per heavy atom. The van der Waals surface area contributed by atoms with Crippen LogP contribution in [-0.4, -0.2) is 11.9 Å². The average Bonchev–Trinajstić information content (AvgIpc) is 2.17. The molecular weight excluding hydrogens is 180 g/mol. The van der Waals surface area contributed by atoms with E-state index in [2.05, 4.69) is 31.7 Å². The molecule has 2 unspecified atom stereocenters. The van der Waals surface area contributed by atoms with Crippen molar-refractivity contribution in [2.45, 2.75) is 24.5 Å². The van der Waals surface area contributed by atoms with Gasteiger partial charge in [0.1, 0.15) is 5.75 Å². The third kappa shape index (κ3) is 1.68. The summed E-state index contributed by atoms with van der Waals surface area (Å²) in [5.74, 6) is 1.59. The summed E-state index contributed by atoms with van der Waals surface area (Å²) in [6, 6.07) is 8.27. The molecule has 1 aliphatic rings. The molecule has 13 heavy (non-hydrogen) atoms. The van der Waals surface area contributed by atoms with Crippen molar-refractivity contribution in [1.29, 1.82) is 0 Å². The minimum absolute atomic E-state index is 0.407. The molecule has 2 atom stereocenters. The molecule has 1 heterocycles.